The van der Waals surface area contributed by atoms with Crippen LogP contribution in [0.5, 0.6) is 5.75 Å². The van der Waals surface area contributed by atoms with E-state index in [-0.39, 0.29) is 13.2 Å². The van der Waals surface area contributed by atoms with Gasteiger partial charge in [-0.15, -0.1) is 0 Å². The van der Waals surface area contributed by atoms with Crippen molar-refractivity contribution in [3.63, 3.8) is 0 Å². The molecule has 0 aliphatic carbocycles. The molecule has 2 fully saturated rings. The highest BCUT2D eigenvalue weighted by Crippen LogP contribution is 2.27. The molecule has 27 heavy (non-hydrogen) atoms. The van der Waals surface area contributed by atoms with E-state index in [9.17, 15) is 19.8 Å². The standard InChI is InChI=1S/C19H26N2O6/c1-2-20-7-8-21(19(25)18(20)24)11-13-5-3-4-6-16(13)27-17-10-14(23)9-15(12-22)26-17/h3-6,14-15,17,22-23H,2,7-12H2,1H3. The Balaban J connectivity index is 1.69. The van der Waals surface area contributed by atoms with Crippen molar-refractivity contribution in [1.29, 1.82) is 0 Å². The zero-order valence-corrected chi connectivity index (χ0v) is 15.4. The summed E-state index contributed by atoms with van der Waals surface area (Å²) in [6.45, 7) is 3.43. The molecule has 8 heteroatoms. The number of ether oxygens (including phenoxy) is 2. The van der Waals surface area contributed by atoms with Crippen LogP contribution < -0.4 is 4.74 Å². The van der Waals surface area contributed by atoms with Gasteiger partial charge in [0.2, 0.25) is 6.29 Å². The quantitative estimate of drug-likeness (QED) is 0.682. The molecular weight excluding hydrogens is 352 g/mol. The van der Waals surface area contributed by atoms with Crippen molar-refractivity contribution in [1.82, 2.24) is 9.80 Å². The number of amides is 2. The number of benzene rings is 1. The first-order valence-electron chi connectivity index (χ1n) is 9.29. The lowest BCUT2D eigenvalue weighted by atomic mass is 10.1. The highest BCUT2D eigenvalue weighted by atomic mass is 16.7. The van der Waals surface area contributed by atoms with E-state index in [1.807, 2.05) is 25.1 Å². The molecule has 1 aromatic carbocycles. The number of para-hydroxylation sites is 1. The number of hydrogen-bond acceptors (Lipinski definition) is 6. The van der Waals surface area contributed by atoms with Crippen molar-refractivity contribution in [3.05, 3.63) is 29.8 Å². The number of nitrogens with zero attached hydrogens (tertiary/aromatic N) is 2. The first-order chi connectivity index (χ1) is 13.0. The molecule has 2 heterocycles. The molecule has 0 spiro atoms. The third kappa shape index (κ3) is 4.58. The Morgan fingerprint density at radius 1 is 1.15 bits per heavy atom. The maximum Gasteiger partial charge on any atom is 0.312 e. The van der Waals surface area contributed by atoms with E-state index >= 15 is 0 Å². The first kappa shape index (κ1) is 19.6. The molecule has 0 aromatic heterocycles. The van der Waals surface area contributed by atoms with Crippen LogP contribution in [0.3, 0.4) is 0 Å². The summed E-state index contributed by atoms with van der Waals surface area (Å²) in [5.41, 5.74) is 0.757. The molecule has 2 amide bonds. The maximum absolute atomic E-state index is 12.3. The van der Waals surface area contributed by atoms with Gasteiger partial charge in [0.15, 0.2) is 0 Å². The van der Waals surface area contributed by atoms with Crippen molar-refractivity contribution in [2.24, 2.45) is 0 Å². The summed E-state index contributed by atoms with van der Waals surface area (Å²) in [7, 11) is 0. The second kappa shape index (κ2) is 8.69. The minimum Gasteiger partial charge on any atom is -0.464 e. The Labute approximate surface area is 158 Å². The van der Waals surface area contributed by atoms with Crippen LogP contribution in [0.25, 0.3) is 0 Å². The lowest BCUT2D eigenvalue weighted by molar-refractivity contribution is -0.185. The molecular formula is C19H26N2O6. The van der Waals surface area contributed by atoms with Crippen molar-refractivity contribution >= 4 is 11.8 Å². The van der Waals surface area contributed by atoms with Gasteiger partial charge in [0.05, 0.1) is 18.8 Å². The predicted molar refractivity (Wildman–Crippen MR) is 95.7 cm³/mol. The van der Waals surface area contributed by atoms with Crippen LogP contribution in [0.1, 0.15) is 25.3 Å². The van der Waals surface area contributed by atoms with Gasteiger partial charge in [0, 0.05) is 44.6 Å². The summed E-state index contributed by atoms with van der Waals surface area (Å²) in [6.07, 6.45) is -1.07. The maximum atomic E-state index is 12.3. The van der Waals surface area contributed by atoms with Gasteiger partial charge < -0.3 is 29.5 Å². The average molecular weight is 378 g/mol. The van der Waals surface area contributed by atoms with Crippen LogP contribution in [0.2, 0.25) is 0 Å². The SMILES string of the molecule is CCN1CCN(Cc2ccccc2OC2CC(O)CC(CO)O2)C(=O)C1=O. The van der Waals surface area contributed by atoms with Crippen LogP contribution >= 0.6 is 0 Å². The topological polar surface area (TPSA) is 99.5 Å². The second-order valence-corrected chi connectivity index (χ2v) is 6.83. The molecule has 3 unspecified atom stereocenters. The molecule has 0 saturated carbocycles. The molecule has 8 nitrogen and oxygen atoms in total. The number of aliphatic hydroxyl groups excluding tert-OH is 2. The smallest absolute Gasteiger partial charge is 0.312 e. The molecule has 2 aliphatic rings. The fourth-order valence-corrected chi connectivity index (χ4v) is 3.41. The van der Waals surface area contributed by atoms with Crippen molar-refractivity contribution in [2.75, 3.05) is 26.2 Å². The number of likely N-dealkylation sites (N-methyl/N-ethyl adjacent to an activating group) is 1. The van der Waals surface area contributed by atoms with E-state index in [1.165, 1.54) is 9.80 Å². The third-order valence-electron chi connectivity index (χ3n) is 4.92. The lowest BCUT2D eigenvalue weighted by Gasteiger charge is -2.34. The van der Waals surface area contributed by atoms with Gasteiger partial charge >= 0.3 is 11.8 Å². The Morgan fingerprint density at radius 3 is 2.59 bits per heavy atom. The van der Waals surface area contributed by atoms with Crippen LogP contribution in [0.15, 0.2) is 24.3 Å². The Bertz CT molecular complexity index is 682. The van der Waals surface area contributed by atoms with Crippen LogP contribution in [0.4, 0.5) is 0 Å². The summed E-state index contributed by atoms with van der Waals surface area (Å²) in [5.74, 6) is -0.458. The fourth-order valence-electron chi connectivity index (χ4n) is 3.41. The highest BCUT2D eigenvalue weighted by Gasteiger charge is 2.33. The van der Waals surface area contributed by atoms with Gasteiger partial charge in [-0.3, -0.25) is 9.59 Å². The van der Waals surface area contributed by atoms with Crippen LogP contribution in [-0.4, -0.2) is 76.6 Å². The Morgan fingerprint density at radius 2 is 1.85 bits per heavy atom. The number of aliphatic hydroxyl groups is 2. The second-order valence-electron chi connectivity index (χ2n) is 6.83. The van der Waals surface area contributed by atoms with Crippen molar-refractivity contribution in [2.45, 2.75) is 44.8 Å². The van der Waals surface area contributed by atoms with E-state index in [1.54, 1.807) is 6.07 Å². The Kier molecular flexibility index (Phi) is 6.30. The monoisotopic (exact) mass is 378 g/mol. The molecule has 2 saturated heterocycles. The van der Waals surface area contributed by atoms with Crippen LogP contribution in [-0.2, 0) is 20.9 Å². The van der Waals surface area contributed by atoms with E-state index < -0.39 is 30.3 Å². The van der Waals surface area contributed by atoms with Gasteiger partial charge in [0.25, 0.3) is 0 Å². The summed E-state index contributed by atoms with van der Waals surface area (Å²) in [6, 6.07) is 7.25. The van der Waals surface area contributed by atoms with Gasteiger partial charge in [-0.2, -0.15) is 0 Å². The third-order valence-corrected chi connectivity index (χ3v) is 4.92. The molecule has 0 radical (unpaired) electrons. The Hall–Kier alpha value is -2.16. The summed E-state index contributed by atoms with van der Waals surface area (Å²) in [4.78, 5) is 27.5. The lowest BCUT2D eigenvalue weighted by Crippen LogP contribution is -2.53. The number of hydrogen-bond donors (Lipinski definition) is 2. The average Bonchev–Trinajstić information content (AvgIpc) is 2.66. The van der Waals surface area contributed by atoms with E-state index in [0.29, 0.717) is 38.2 Å². The number of carbonyl (C=O) groups is 2. The summed E-state index contributed by atoms with van der Waals surface area (Å²) >= 11 is 0. The van der Waals surface area contributed by atoms with Crippen molar-refractivity contribution in [3.8, 4) is 5.75 Å². The van der Waals surface area contributed by atoms with Crippen LogP contribution in [0, 0.1) is 0 Å². The first-order valence-corrected chi connectivity index (χ1v) is 9.29. The van der Waals surface area contributed by atoms with E-state index in [2.05, 4.69) is 0 Å². The minimum atomic E-state index is -0.679. The van der Waals surface area contributed by atoms with E-state index in [0.717, 1.165) is 5.56 Å². The molecule has 2 aliphatic heterocycles. The fraction of sp³-hybridized carbons (Fsp3) is 0.579. The number of piperazine rings is 1. The van der Waals surface area contributed by atoms with Gasteiger partial charge in [-0.25, -0.2) is 0 Å². The summed E-state index contributed by atoms with van der Waals surface area (Å²) in [5, 5.41) is 19.2. The predicted octanol–water partition coefficient (Wildman–Crippen LogP) is 0.114. The molecule has 148 valence electrons. The minimum absolute atomic E-state index is 0.184. The summed E-state index contributed by atoms with van der Waals surface area (Å²) < 4.78 is 11.6. The van der Waals surface area contributed by atoms with Crippen molar-refractivity contribution < 1.29 is 29.3 Å². The number of rotatable bonds is 6. The molecule has 3 rings (SSSR count). The normalized spacial score (nSPS) is 26.4. The highest BCUT2D eigenvalue weighted by molar-refractivity contribution is 6.35. The molecule has 2 N–H and O–H groups in total. The largest absolute Gasteiger partial charge is 0.464 e. The van der Waals surface area contributed by atoms with Gasteiger partial charge in [-0.1, -0.05) is 18.2 Å². The van der Waals surface area contributed by atoms with Gasteiger partial charge in [-0.05, 0) is 13.0 Å². The molecule has 1 aromatic rings. The van der Waals surface area contributed by atoms with Gasteiger partial charge in [0.1, 0.15) is 5.75 Å². The number of carbonyl (C=O) groups excluding carboxylic acids is 2. The molecule has 3 atom stereocenters. The zero-order chi connectivity index (χ0) is 19.4. The zero-order valence-electron chi connectivity index (χ0n) is 15.4. The molecule has 0 bridgehead atoms. The van der Waals surface area contributed by atoms with E-state index in [4.69, 9.17) is 9.47 Å².